The van der Waals surface area contributed by atoms with Crippen molar-refractivity contribution in [2.45, 2.75) is 32.7 Å². The lowest BCUT2D eigenvalue weighted by atomic mass is 10.3. The van der Waals surface area contributed by atoms with Crippen LogP contribution >= 0.6 is 15.9 Å². The van der Waals surface area contributed by atoms with Crippen molar-refractivity contribution < 1.29 is 4.74 Å². The maximum Gasteiger partial charge on any atom is 0.132 e. The summed E-state index contributed by atoms with van der Waals surface area (Å²) in [5, 5.41) is 3.47. The molecule has 2 rings (SSSR count). The van der Waals surface area contributed by atoms with E-state index in [2.05, 4.69) is 50.0 Å². The predicted octanol–water partition coefficient (Wildman–Crippen LogP) is 2.32. The highest BCUT2D eigenvalue weighted by Gasteiger charge is 2.14. The minimum Gasteiger partial charge on any atom is -0.379 e. The third-order valence-electron chi connectivity index (χ3n) is 3.24. The molecule has 0 aromatic carbocycles. The molecule has 0 amide bonds. The number of aromatic nitrogens is 2. The molecule has 0 spiro atoms. The molecule has 5 nitrogen and oxygen atoms in total. The van der Waals surface area contributed by atoms with Crippen LogP contribution in [0.2, 0.25) is 0 Å². The summed E-state index contributed by atoms with van der Waals surface area (Å²) in [4.78, 5) is 11.4. The second kappa shape index (κ2) is 7.90. The first-order valence-corrected chi connectivity index (χ1v) is 8.06. The molecule has 1 saturated heterocycles. The number of nitrogens with zero attached hydrogens (tertiary/aromatic N) is 3. The topological polar surface area (TPSA) is 50.3 Å². The number of ether oxygens (including phenoxy) is 1. The van der Waals surface area contributed by atoms with Crippen LogP contribution in [0, 0.1) is 0 Å². The van der Waals surface area contributed by atoms with E-state index in [-0.39, 0.29) is 0 Å². The summed E-state index contributed by atoms with van der Waals surface area (Å²) in [6.07, 6.45) is 1.96. The van der Waals surface area contributed by atoms with Gasteiger partial charge < -0.3 is 10.1 Å². The third-order valence-corrected chi connectivity index (χ3v) is 3.65. The molecule has 1 aromatic heterocycles. The summed E-state index contributed by atoms with van der Waals surface area (Å²) in [7, 11) is 0. The molecular weight excluding hydrogens is 320 g/mol. The van der Waals surface area contributed by atoms with Crippen molar-refractivity contribution in [3.63, 3.8) is 0 Å². The predicted molar refractivity (Wildman–Crippen MR) is 84.1 cm³/mol. The van der Waals surface area contributed by atoms with Gasteiger partial charge in [-0.1, -0.05) is 6.92 Å². The van der Waals surface area contributed by atoms with Gasteiger partial charge in [0.05, 0.1) is 13.2 Å². The number of nitrogens with one attached hydrogen (secondary N) is 1. The highest BCUT2D eigenvalue weighted by molar-refractivity contribution is 9.10. The van der Waals surface area contributed by atoms with Crippen LogP contribution in [0.3, 0.4) is 0 Å². The van der Waals surface area contributed by atoms with Gasteiger partial charge in [0.25, 0.3) is 0 Å². The number of aryl methyl sites for hydroxylation is 1. The minimum atomic E-state index is 0.351. The number of hydrogen-bond donors (Lipinski definition) is 1. The van der Waals surface area contributed by atoms with Gasteiger partial charge in [0, 0.05) is 38.2 Å². The summed E-state index contributed by atoms with van der Waals surface area (Å²) in [6.45, 7) is 9.04. The molecule has 1 aliphatic rings. The van der Waals surface area contributed by atoms with E-state index in [9.17, 15) is 0 Å². The lowest BCUT2D eigenvalue weighted by Crippen LogP contribution is -2.42. The summed E-state index contributed by atoms with van der Waals surface area (Å²) in [5.41, 5.74) is 0. The molecule has 1 unspecified atom stereocenters. The Kier molecular flexibility index (Phi) is 6.19. The van der Waals surface area contributed by atoms with Crippen molar-refractivity contribution in [2.24, 2.45) is 0 Å². The lowest BCUT2D eigenvalue weighted by Gasteiger charge is -2.29. The van der Waals surface area contributed by atoms with Gasteiger partial charge in [-0.25, -0.2) is 9.97 Å². The molecule has 0 saturated carbocycles. The Balaban J connectivity index is 1.90. The van der Waals surface area contributed by atoms with Crippen LogP contribution in [0.25, 0.3) is 0 Å². The summed E-state index contributed by atoms with van der Waals surface area (Å²) in [6, 6.07) is 2.29. The molecule has 1 aliphatic heterocycles. The average molecular weight is 343 g/mol. The number of halogens is 1. The zero-order chi connectivity index (χ0) is 14.4. The van der Waals surface area contributed by atoms with E-state index < -0.39 is 0 Å². The van der Waals surface area contributed by atoms with E-state index in [0.717, 1.165) is 61.9 Å². The van der Waals surface area contributed by atoms with Crippen molar-refractivity contribution in [1.29, 1.82) is 0 Å². The smallest absolute Gasteiger partial charge is 0.132 e. The fourth-order valence-corrected chi connectivity index (χ4v) is 2.76. The van der Waals surface area contributed by atoms with Gasteiger partial charge in [0.1, 0.15) is 16.2 Å². The zero-order valence-electron chi connectivity index (χ0n) is 12.2. The third kappa shape index (κ3) is 5.00. The van der Waals surface area contributed by atoms with Crippen LogP contribution in [0.1, 0.15) is 26.1 Å². The van der Waals surface area contributed by atoms with Crippen molar-refractivity contribution in [3.05, 3.63) is 16.5 Å². The largest absolute Gasteiger partial charge is 0.379 e. The van der Waals surface area contributed by atoms with Gasteiger partial charge in [0.2, 0.25) is 0 Å². The molecule has 1 aromatic rings. The number of rotatable bonds is 6. The SMILES string of the molecule is CCCc1nc(Br)cc(NC(C)CN2CCOCC2)n1. The first kappa shape index (κ1) is 15.7. The zero-order valence-corrected chi connectivity index (χ0v) is 13.8. The van der Waals surface area contributed by atoms with Crippen LogP contribution in [0.4, 0.5) is 5.82 Å². The van der Waals surface area contributed by atoms with Crippen molar-refractivity contribution in [1.82, 2.24) is 14.9 Å². The highest BCUT2D eigenvalue weighted by atomic mass is 79.9. The summed E-state index contributed by atoms with van der Waals surface area (Å²) >= 11 is 3.45. The van der Waals surface area contributed by atoms with Gasteiger partial charge >= 0.3 is 0 Å². The van der Waals surface area contributed by atoms with Gasteiger partial charge in [-0.05, 0) is 29.3 Å². The second-order valence-electron chi connectivity index (χ2n) is 5.20. The molecule has 1 N–H and O–H groups in total. The van der Waals surface area contributed by atoms with Crippen LogP contribution in [-0.4, -0.2) is 53.8 Å². The minimum absolute atomic E-state index is 0.351. The normalized spacial score (nSPS) is 17.9. The standard InChI is InChI=1S/C14H23BrN4O/c1-3-4-13-17-12(15)9-14(18-13)16-11(2)10-19-5-7-20-8-6-19/h9,11H,3-8,10H2,1-2H3,(H,16,17,18). The van der Waals surface area contributed by atoms with Crippen molar-refractivity contribution in [2.75, 3.05) is 38.2 Å². The highest BCUT2D eigenvalue weighted by Crippen LogP contribution is 2.14. The average Bonchev–Trinajstić information content (AvgIpc) is 2.39. The van der Waals surface area contributed by atoms with Gasteiger partial charge in [-0.2, -0.15) is 0 Å². The van der Waals surface area contributed by atoms with Gasteiger partial charge in [0.15, 0.2) is 0 Å². The van der Waals surface area contributed by atoms with E-state index in [4.69, 9.17) is 4.74 Å². The first-order chi connectivity index (χ1) is 9.67. The number of anilines is 1. The van der Waals surface area contributed by atoms with E-state index in [1.165, 1.54) is 0 Å². The molecule has 2 heterocycles. The fraction of sp³-hybridized carbons (Fsp3) is 0.714. The van der Waals surface area contributed by atoms with Crippen LogP contribution < -0.4 is 5.32 Å². The molecule has 20 heavy (non-hydrogen) atoms. The first-order valence-electron chi connectivity index (χ1n) is 7.27. The summed E-state index contributed by atoms with van der Waals surface area (Å²) < 4.78 is 6.21. The maximum absolute atomic E-state index is 5.37. The monoisotopic (exact) mass is 342 g/mol. The fourth-order valence-electron chi connectivity index (χ4n) is 2.34. The van der Waals surface area contributed by atoms with E-state index in [1.807, 2.05) is 6.07 Å². The Hall–Kier alpha value is -0.720. The Morgan fingerprint density at radius 3 is 2.85 bits per heavy atom. The maximum atomic E-state index is 5.37. The molecular formula is C14H23BrN4O. The van der Waals surface area contributed by atoms with Gasteiger partial charge in [-0.15, -0.1) is 0 Å². The van der Waals surface area contributed by atoms with E-state index >= 15 is 0 Å². The Morgan fingerprint density at radius 1 is 1.40 bits per heavy atom. The van der Waals surface area contributed by atoms with Crippen LogP contribution in [-0.2, 0) is 11.2 Å². The Labute approximate surface area is 129 Å². The molecule has 6 heteroatoms. The van der Waals surface area contributed by atoms with E-state index in [1.54, 1.807) is 0 Å². The lowest BCUT2D eigenvalue weighted by molar-refractivity contribution is 0.0368. The van der Waals surface area contributed by atoms with E-state index in [0.29, 0.717) is 6.04 Å². The van der Waals surface area contributed by atoms with Crippen molar-refractivity contribution >= 4 is 21.7 Å². The molecule has 112 valence electrons. The Morgan fingerprint density at radius 2 is 2.15 bits per heavy atom. The number of morpholine rings is 1. The molecule has 0 aliphatic carbocycles. The van der Waals surface area contributed by atoms with Gasteiger partial charge in [-0.3, -0.25) is 4.90 Å². The van der Waals surface area contributed by atoms with Crippen molar-refractivity contribution in [3.8, 4) is 0 Å². The second-order valence-corrected chi connectivity index (χ2v) is 6.01. The Bertz CT molecular complexity index is 424. The molecule has 0 radical (unpaired) electrons. The number of hydrogen-bond acceptors (Lipinski definition) is 5. The molecule has 1 fully saturated rings. The van der Waals surface area contributed by atoms with Crippen LogP contribution in [0.5, 0.6) is 0 Å². The molecule has 0 bridgehead atoms. The molecule has 1 atom stereocenters. The van der Waals surface area contributed by atoms with Crippen LogP contribution in [0.15, 0.2) is 10.7 Å². The summed E-state index contributed by atoms with van der Waals surface area (Å²) in [5.74, 6) is 1.79. The quantitative estimate of drug-likeness (QED) is 0.804.